The highest BCUT2D eigenvalue weighted by atomic mass is 32.1. The van der Waals surface area contributed by atoms with Gasteiger partial charge in [0.05, 0.1) is 13.2 Å². The molecule has 0 bridgehead atoms. The maximum absolute atomic E-state index is 5.25. The number of hydrogen-bond acceptors (Lipinski definition) is 3. The van der Waals surface area contributed by atoms with Gasteiger partial charge in [-0.1, -0.05) is 20.8 Å². The molecule has 1 aliphatic heterocycles. The van der Waals surface area contributed by atoms with Gasteiger partial charge in [0.1, 0.15) is 0 Å². The van der Waals surface area contributed by atoms with Crippen molar-refractivity contribution < 1.29 is 4.74 Å². The van der Waals surface area contributed by atoms with Crippen LogP contribution in [0.5, 0.6) is 0 Å². The fraction of sp³-hybridized carbons (Fsp3) is 0.750. The molecule has 2 rings (SSSR count). The van der Waals surface area contributed by atoms with E-state index in [1.165, 1.54) is 5.56 Å². The van der Waals surface area contributed by atoms with Crippen LogP contribution in [0.3, 0.4) is 0 Å². The molecule has 0 atom stereocenters. The average molecular weight is 283 g/mol. The zero-order chi connectivity index (χ0) is 14.5. The smallest absolute Gasteiger partial charge is 0.0594 e. The van der Waals surface area contributed by atoms with Gasteiger partial charge in [-0.3, -0.25) is 4.90 Å². The van der Waals surface area contributed by atoms with Crippen molar-refractivity contribution in [2.45, 2.75) is 52.5 Å². The summed E-state index contributed by atoms with van der Waals surface area (Å²) in [6.45, 7) is 17.4. The first kappa shape index (κ1) is 16.7. The summed E-state index contributed by atoms with van der Waals surface area (Å²) in [4.78, 5) is 2.45. The second-order valence-corrected chi connectivity index (χ2v) is 7.81. The molecular weight excluding hydrogens is 254 g/mol. The molecule has 19 heavy (non-hydrogen) atoms. The van der Waals surface area contributed by atoms with E-state index in [9.17, 15) is 0 Å². The molecule has 0 radical (unpaired) electrons. The first-order valence-electron chi connectivity index (χ1n) is 7.07. The molecule has 1 aromatic rings. The van der Waals surface area contributed by atoms with Gasteiger partial charge in [0, 0.05) is 18.6 Å². The average Bonchev–Trinajstić information content (AvgIpc) is 2.83. The summed E-state index contributed by atoms with van der Waals surface area (Å²) in [5.41, 5.74) is 2.09. The Morgan fingerprint density at radius 3 is 1.89 bits per heavy atom. The number of ether oxygens (including phenoxy) is 1. The lowest BCUT2D eigenvalue weighted by atomic mass is 9.90. The van der Waals surface area contributed by atoms with E-state index in [4.69, 9.17) is 4.74 Å². The van der Waals surface area contributed by atoms with Gasteiger partial charge in [-0.15, -0.1) is 0 Å². The van der Waals surface area contributed by atoms with Crippen LogP contribution in [0.4, 0.5) is 0 Å². The van der Waals surface area contributed by atoms with Crippen LogP contribution in [0.15, 0.2) is 16.8 Å². The van der Waals surface area contributed by atoms with Gasteiger partial charge in [-0.25, -0.2) is 0 Å². The molecule has 1 saturated heterocycles. The van der Waals surface area contributed by atoms with Crippen LogP contribution in [0.1, 0.15) is 47.1 Å². The molecule has 0 unspecified atom stereocenters. The molecule has 2 heterocycles. The highest BCUT2D eigenvalue weighted by molar-refractivity contribution is 7.08. The third-order valence-electron chi connectivity index (χ3n) is 3.35. The summed E-state index contributed by atoms with van der Waals surface area (Å²) in [7, 11) is 0. The summed E-state index contributed by atoms with van der Waals surface area (Å²) < 4.78 is 5.25. The van der Waals surface area contributed by atoms with Crippen molar-refractivity contribution in [1.29, 1.82) is 0 Å². The van der Waals surface area contributed by atoms with Gasteiger partial charge in [-0.05, 0) is 48.6 Å². The van der Waals surface area contributed by atoms with E-state index in [-0.39, 0.29) is 0 Å². The lowest BCUT2D eigenvalue weighted by molar-refractivity contribution is -0.00389. The number of nitrogens with zero attached hydrogens (tertiary/aromatic N) is 1. The number of thiophene rings is 1. The zero-order valence-electron chi connectivity index (χ0n) is 13.3. The quantitative estimate of drug-likeness (QED) is 0.709. The number of morpholine rings is 1. The third-order valence-corrected chi connectivity index (χ3v) is 4.03. The third kappa shape index (κ3) is 6.07. The van der Waals surface area contributed by atoms with Crippen LogP contribution >= 0.6 is 11.3 Å². The van der Waals surface area contributed by atoms with Gasteiger partial charge in [0.25, 0.3) is 0 Å². The Bertz CT molecular complexity index is 340. The minimum atomic E-state index is 0.323. The standard InChI is InChI=1S/C8H17NO.C8H12S/c1-8(2,3)9-4-6-10-7-5-9;1-8(2,3)7-4-5-9-6-7/h4-7H2,1-3H3;4-6H,1-3H3. The van der Waals surface area contributed by atoms with Crippen LogP contribution in [0.2, 0.25) is 0 Å². The zero-order valence-corrected chi connectivity index (χ0v) is 14.1. The first-order valence-corrected chi connectivity index (χ1v) is 8.01. The van der Waals surface area contributed by atoms with Crippen LogP contribution in [-0.4, -0.2) is 36.7 Å². The Hall–Kier alpha value is -0.380. The van der Waals surface area contributed by atoms with E-state index in [0.29, 0.717) is 11.0 Å². The van der Waals surface area contributed by atoms with Crippen molar-refractivity contribution in [2.75, 3.05) is 26.3 Å². The Morgan fingerprint density at radius 2 is 1.63 bits per heavy atom. The normalized spacial score (nSPS) is 17.8. The summed E-state index contributed by atoms with van der Waals surface area (Å²) in [6.07, 6.45) is 0. The van der Waals surface area contributed by atoms with Gasteiger partial charge in [-0.2, -0.15) is 11.3 Å². The second kappa shape index (κ2) is 6.87. The van der Waals surface area contributed by atoms with E-state index < -0.39 is 0 Å². The predicted molar refractivity (Wildman–Crippen MR) is 85.2 cm³/mol. The molecule has 0 saturated carbocycles. The van der Waals surface area contributed by atoms with Gasteiger partial charge < -0.3 is 4.74 Å². The Balaban J connectivity index is 0.000000191. The fourth-order valence-electron chi connectivity index (χ4n) is 1.93. The lowest BCUT2D eigenvalue weighted by Crippen LogP contribution is -2.47. The van der Waals surface area contributed by atoms with Crippen molar-refractivity contribution in [2.24, 2.45) is 0 Å². The summed E-state index contributed by atoms with van der Waals surface area (Å²) in [5, 5.41) is 4.33. The molecule has 0 aromatic carbocycles. The molecular formula is C16H29NOS. The SMILES string of the molecule is CC(C)(C)N1CCOCC1.CC(C)(C)c1ccsc1. The molecule has 1 fully saturated rings. The number of hydrogen-bond donors (Lipinski definition) is 0. The Kier molecular flexibility index (Phi) is 6.03. The van der Waals surface area contributed by atoms with E-state index >= 15 is 0 Å². The fourth-order valence-corrected chi connectivity index (χ4v) is 2.81. The van der Waals surface area contributed by atoms with Crippen molar-refractivity contribution in [1.82, 2.24) is 4.90 Å². The van der Waals surface area contributed by atoms with Gasteiger partial charge in [0.2, 0.25) is 0 Å². The van der Waals surface area contributed by atoms with Crippen LogP contribution in [0, 0.1) is 0 Å². The van der Waals surface area contributed by atoms with Crippen molar-refractivity contribution in [3.05, 3.63) is 22.4 Å². The molecule has 3 heteroatoms. The topological polar surface area (TPSA) is 12.5 Å². The maximum atomic E-state index is 5.25. The highest BCUT2D eigenvalue weighted by Gasteiger charge is 2.22. The number of rotatable bonds is 0. The lowest BCUT2D eigenvalue weighted by Gasteiger charge is -2.38. The monoisotopic (exact) mass is 283 g/mol. The molecule has 1 aromatic heterocycles. The largest absolute Gasteiger partial charge is 0.379 e. The molecule has 1 aliphatic rings. The Morgan fingerprint density at radius 1 is 1.05 bits per heavy atom. The maximum Gasteiger partial charge on any atom is 0.0594 e. The molecule has 0 amide bonds. The predicted octanol–water partition coefficient (Wildman–Crippen LogP) is 4.16. The summed E-state index contributed by atoms with van der Waals surface area (Å²) in [5.74, 6) is 0. The molecule has 110 valence electrons. The van der Waals surface area contributed by atoms with E-state index in [2.05, 4.69) is 63.3 Å². The first-order chi connectivity index (χ1) is 8.71. The Labute approximate surface area is 122 Å². The van der Waals surface area contributed by atoms with Crippen molar-refractivity contribution >= 4 is 11.3 Å². The highest BCUT2D eigenvalue weighted by Crippen LogP contribution is 2.23. The van der Waals surface area contributed by atoms with E-state index in [1.54, 1.807) is 11.3 Å². The summed E-state index contributed by atoms with van der Waals surface area (Å²) in [6, 6.07) is 2.19. The molecule has 0 N–H and O–H groups in total. The van der Waals surface area contributed by atoms with Crippen LogP contribution < -0.4 is 0 Å². The van der Waals surface area contributed by atoms with Gasteiger partial charge in [0.15, 0.2) is 0 Å². The minimum Gasteiger partial charge on any atom is -0.379 e. The van der Waals surface area contributed by atoms with Gasteiger partial charge >= 0.3 is 0 Å². The molecule has 2 nitrogen and oxygen atoms in total. The molecule has 0 aliphatic carbocycles. The second-order valence-electron chi connectivity index (χ2n) is 7.03. The minimum absolute atomic E-state index is 0.323. The van der Waals surface area contributed by atoms with E-state index in [1.807, 2.05) is 0 Å². The van der Waals surface area contributed by atoms with Crippen molar-refractivity contribution in [3.63, 3.8) is 0 Å². The van der Waals surface area contributed by atoms with Crippen molar-refractivity contribution in [3.8, 4) is 0 Å². The van der Waals surface area contributed by atoms with Crippen LogP contribution in [0.25, 0.3) is 0 Å². The van der Waals surface area contributed by atoms with E-state index in [0.717, 1.165) is 26.3 Å². The van der Waals surface area contributed by atoms with Crippen LogP contribution in [-0.2, 0) is 10.2 Å². The molecule has 0 spiro atoms. The summed E-state index contributed by atoms with van der Waals surface area (Å²) >= 11 is 1.77.